The standard InChI is InChI=1S/C20H31N5O/c1-15(2)25-19-17(13-23-25)11-18(12-22-19)20(26)21-8-4-5-9-24-10-6-7-16(3)14-24/h11-13,15-16H,4-10,14H2,1-3H3,(H,21,26)/t16-/m1/s1. The van der Waals surface area contributed by atoms with Crippen molar-refractivity contribution in [1.29, 1.82) is 0 Å². The third kappa shape index (κ3) is 4.61. The number of aromatic nitrogens is 3. The second kappa shape index (κ2) is 8.62. The van der Waals surface area contributed by atoms with Gasteiger partial charge in [0.25, 0.3) is 5.91 Å². The van der Waals surface area contributed by atoms with E-state index in [0.29, 0.717) is 12.1 Å². The fourth-order valence-corrected chi connectivity index (χ4v) is 3.70. The highest BCUT2D eigenvalue weighted by molar-refractivity contribution is 5.96. The summed E-state index contributed by atoms with van der Waals surface area (Å²) in [5, 5.41) is 8.27. The van der Waals surface area contributed by atoms with Gasteiger partial charge >= 0.3 is 0 Å². The second-order valence-electron chi connectivity index (χ2n) is 7.83. The number of unbranched alkanes of at least 4 members (excludes halogenated alkanes) is 1. The normalized spacial score (nSPS) is 18.5. The first-order valence-corrected chi connectivity index (χ1v) is 9.88. The van der Waals surface area contributed by atoms with Gasteiger partial charge in [-0.2, -0.15) is 5.10 Å². The Labute approximate surface area is 156 Å². The maximum Gasteiger partial charge on any atom is 0.252 e. The van der Waals surface area contributed by atoms with Crippen LogP contribution < -0.4 is 5.32 Å². The summed E-state index contributed by atoms with van der Waals surface area (Å²) >= 11 is 0. The van der Waals surface area contributed by atoms with E-state index in [0.717, 1.165) is 36.3 Å². The monoisotopic (exact) mass is 357 g/mol. The van der Waals surface area contributed by atoms with Crippen LogP contribution in [0.2, 0.25) is 0 Å². The second-order valence-corrected chi connectivity index (χ2v) is 7.83. The molecule has 1 atom stereocenters. The molecule has 0 aromatic carbocycles. The molecule has 1 saturated heterocycles. The molecule has 142 valence electrons. The largest absolute Gasteiger partial charge is 0.352 e. The highest BCUT2D eigenvalue weighted by Crippen LogP contribution is 2.17. The molecule has 6 heteroatoms. The first-order valence-electron chi connectivity index (χ1n) is 9.88. The number of fused-ring (bicyclic) bond motifs is 1. The molecular weight excluding hydrogens is 326 g/mol. The van der Waals surface area contributed by atoms with Crippen LogP contribution in [0, 0.1) is 5.92 Å². The summed E-state index contributed by atoms with van der Waals surface area (Å²) in [6, 6.07) is 2.13. The lowest BCUT2D eigenvalue weighted by Gasteiger charge is -2.30. The van der Waals surface area contributed by atoms with Crippen LogP contribution in [-0.2, 0) is 0 Å². The van der Waals surface area contributed by atoms with Crippen LogP contribution in [0.3, 0.4) is 0 Å². The number of carbonyl (C=O) groups excluding carboxylic acids is 1. The third-order valence-corrected chi connectivity index (χ3v) is 5.11. The zero-order valence-electron chi connectivity index (χ0n) is 16.2. The molecule has 0 saturated carbocycles. The predicted molar refractivity (Wildman–Crippen MR) is 104 cm³/mol. The fourth-order valence-electron chi connectivity index (χ4n) is 3.70. The van der Waals surface area contributed by atoms with Crippen LogP contribution >= 0.6 is 0 Å². The molecule has 3 heterocycles. The number of likely N-dealkylation sites (tertiary alicyclic amines) is 1. The lowest BCUT2D eigenvalue weighted by Crippen LogP contribution is -2.35. The Morgan fingerprint density at radius 2 is 2.19 bits per heavy atom. The Balaban J connectivity index is 1.44. The molecule has 2 aromatic rings. The van der Waals surface area contributed by atoms with Gasteiger partial charge in [-0.3, -0.25) is 4.79 Å². The summed E-state index contributed by atoms with van der Waals surface area (Å²) in [5.41, 5.74) is 1.43. The molecule has 0 unspecified atom stereocenters. The number of piperidine rings is 1. The molecular formula is C20H31N5O. The lowest BCUT2D eigenvalue weighted by molar-refractivity contribution is 0.0952. The minimum atomic E-state index is -0.0525. The maximum absolute atomic E-state index is 12.3. The summed E-state index contributed by atoms with van der Waals surface area (Å²) < 4.78 is 1.87. The quantitative estimate of drug-likeness (QED) is 0.773. The molecule has 0 spiro atoms. The number of amides is 1. The maximum atomic E-state index is 12.3. The smallest absolute Gasteiger partial charge is 0.252 e. The van der Waals surface area contributed by atoms with Gasteiger partial charge in [-0.25, -0.2) is 9.67 Å². The van der Waals surface area contributed by atoms with Crippen molar-refractivity contribution in [2.24, 2.45) is 5.92 Å². The first kappa shape index (κ1) is 18.8. The van der Waals surface area contributed by atoms with Gasteiger partial charge in [-0.05, 0) is 64.6 Å². The molecule has 1 aliphatic heterocycles. The minimum absolute atomic E-state index is 0.0525. The number of carbonyl (C=O) groups is 1. The molecule has 2 aromatic heterocycles. The zero-order valence-corrected chi connectivity index (χ0v) is 16.2. The lowest BCUT2D eigenvalue weighted by atomic mass is 10.0. The summed E-state index contributed by atoms with van der Waals surface area (Å²) in [4.78, 5) is 19.3. The average molecular weight is 358 g/mol. The van der Waals surface area contributed by atoms with Crippen molar-refractivity contribution >= 4 is 16.9 Å². The highest BCUT2D eigenvalue weighted by Gasteiger charge is 2.15. The van der Waals surface area contributed by atoms with E-state index < -0.39 is 0 Å². The SMILES string of the molecule is CC(C)n1ncc2cc(C(=O)NCCCCN3CCC[C@@H](C)C3)cnc21. The van der Waals surface area contributed by atoms with Gasteiger partial charge in [-0.1, -0.05) is 6.92 Å². The first-order chi connectivity index (χ1) is 12.5. The highest BCUT2D eigenvalue weighted by atomic mass is 16.1. The van der Waals surface area contributed by atoms with E-state index >= 15 is 0 Å². The van der Waals surface area contributed by atoms with Crippen LogP contribution in [0.5, 0.6) is 0 Å². The molecule has 3 rings (SSSR count). The molecule has 6 nitrogen and oxygen atoms in total. The molecule has 1 fully saturated rings. The summed E-state index contributed by atoms with van der Waals surface area (Å²) in [7, 11) is 0. The van der Waals surface area contributed by atoms with Gasteiger partial charge in [-0.15, -0.1) is 0 Å². The van der Waals surface area contributed by atoms with E-state index in [9.17, 15) is 4.79 Å². The Kier molecular flexibility index (Phi) is 6.25. The van der Waals surface area contributed by atoms with Crippen molar-refractivity contribution in [3.63, 3.8) is 0 Å². The van der Waals surface area contributed by atoms with Gasteiger partial charge in [0, 0.05) is 30.7 Å². The van der Waals surface area contributed by atoms with Crippen LogP contribution in [-0.4, -0.2) is 51.8 Å². The van der Waals surface area contributed by atoms with Crippen molar-refractivity contribution in [2.75, 3.05) is 26.2 Å². The van der Waals surface area contributed by atoms with Gasteiger partial charge < -0.3 is 10.2 Å². The van der Waals surface area contributed by atoms with Gasteiger partial charge in [0.05, 0.1) is 11.8 Å². The molecule has 0 radical (unpaired) electrons. The molecule has 26 heavy (non-hydrogen) atoms. The van der Waals surface area contributed by atoms with E-state index in [-0.39, 0.29) is 11.9 Å². The molecule has 0 bridgehead atoms. The topological polar surface area (TPSA) is 63.1 Å². The number of hydrogen-bond donors (Lipinski definition) is 1. The molecule has 1 N–H and O–H groups in total. The van der Waals surface area contributed by atoms with E-state index in [4.69, 9.17) is 0 Å². The van der Waals surface area contributed by atoms with Crippen molar-refractivity contribution in [3.8, 4) is 0 Å². The number of pyridine rings is 1. The van der Waals surface area contributed by atoms with Crippen molar-refractivity contribution in [3.05, 3.63) is 24.0 Å². The third-order valence-electron chi connectivity index (χ3n) is 5.11. The van der Waals surface area contributed by atoms with Gasteiger partial charge in [0.1, 0.15) is 0 Å². The zero-order chi connectivity index (χ0) is 18.5. The van der Waals surface area contributed by atoms with Crippen LogP contribution in [0.1, 0.15) is 62.9 Å². The van der Waals surface area contributed by atoms with E-state index in [2.05, 4.69) is 41.1 Å². The molecule has 1 aliphatic rings. The van der Waals surface area contributed by atoms with Crippen molar-refractivity contribution in [1.82, 2.24) is 25.0 Å². The Morgan fingerprint density at radius 1 is 1.35 bits per heavy atom. The van der Waals surface area contributed by atoms with E-state index in [1.54, 1.807) is 12.4 Å². The van der Waals surface area contributed by atoms with E-state index in [1.165, 1.54) is 25.9 Å². The Bertz CT molecular complexity index is 739. The fraction of sp³-hybridized carbons (Fsp3) is 0.650. The summed E-state index contributed by atoms with van der Waals surface area (Å²) in [6.07, 6.45) is 8.25. The van der Waals surface area contributed by atoms with E-state index in [1.807, 2.05) is 10.7 Å². The van der Waals surface area contributed by atoms with Gasteiger partial charge in [0.2, 0.25) is 0 Å². The average Bonchev–Trinajstić information content (AvgIpc) is 3.04. The van der Waals surface area contributed by atoms with Crippen molar-refractivity contribution < 1.29 is 4.79 Å². The predicted octanol–water partition coefficient (Wildman–Crippen LogP) is 3.25. The van der Waals surface area contributed by atoms with Crippen molar-refractivity contribution in [2.45, 2.75) is 52.5 Å². The number of rotatable bonds is 7. The summed E-state index contributed by atoms with van der Waals surface area (Å²) in [6.45, 7) is 10.8. The Hall–Kier alpha value is -1.95. The number of hydrogen-bond acceptors (Lipinski definition) is 4. The Morgan fingerprint density at radius 3 is 2.96 bits per heavy atom. The molecule has 0 aliphatic carbocycles. The van der Waals surface area contributed by atoms with Crippen LogP contribution in [0.25, 0.3) is 11.0 Å². The summed E-state index contributed by atoms with van der Waals surface area (Å²) in [5.74, 6) is 0.772. The molecule has 1 amide bonds. The van der Waals surface area contributed by atoms with Crippen LogP contribution in [0.15, 0.2) is 18.5 Å². The van der Waals surface area contributed by atoms with Crippen LogP contribution in [0.4, 0.5) is 0 Å². The number of nitrogens with one attached hydrogen (secondary N) is 1. The minimum Gasteiger partial charge on any atom is -0.352 e. The number of nitrogens with zero attached hydrogens (tertiary/aromatic N) is 4. The van der Waals surface area contributed by atoms with Gasteiger partial charge in [0.15, 0.2) is 5.65 Å².